The lowest BCUT2D eigenvalue weighted by Gasteiger charge is -2.22. The van der Waals surface area contributed by atoms with Crippen molar-refractivity contribution in [2.75, 3.05) is 0 Å². The maximum atomic E-state index is 8.44. The second kappa shape index (κ2) is 12.5. The van der Waals surface area contributed by atoms with Crippen LogP contribution < -0.4 is 19.3 Å². The third kappa shape index (κ3) is 11.4. The Balaban J connectivity index is 0.00000118. The van der Waals surface area contributed by atoms with Gasteiger partial charge in [0.1, 0.15) is 34.1 Å². The van der Waals surface area contributed by atoms with Crippen LogP contribution in [0.15, 0.2) is 87.5 Å². The van der Waals surface area contributed by atoms with Crippen molar-refractivity contribution in [1.29, 1.82) is 0 Å². The van der Waals surface area contributed by atoms with E-state index in [4.69, 9.17) is 29.2 Å². The molecule has 0 saturated heterocycles. The van der Waals surface area contributed by atoms with Crippen LogP contribution in [0.5, 0.6) is 17.2 Å². The summed E-state index contributed by atoms with van der Waals surface area (Å²) in [7, 11) is -0.276. The van der Waals surface area contributed by atoms with Gasteiger partial charge in [-0.15, -0.1) is 0 Å². The highest BCUT2D eigenvalue weighted by Crippen LogP contribution is 2.35. The lowest BCUT2D eigenvalue weighted by molar-refractivity contribution is -0.275. The minimum Gasteiger partial charge on any atom is -0.565 e. The number of ether oxygens (including phenoxy) is 3. The van der Waals surface area contributed by atoms with Gasteiger partial charge in [-0.3, -0.25) is 0 Å². The Hall–Kier alpha value is -3.32. The highest BCUT2D eigenvalue weighted by atomic mass is 32.2. The van der Waals surface area contributed by atoms with E-state index < -0.39 is 6.16 Å². The summed E-state index contributed by atoms with van der Waals surface area (Å²) >= 11 is 0. The number of hydrogen-bond acceptors (Lipinski definition) is 5. The van der Waals surface area contributed by atoms with Gasteiger partial charge in [-0.1, -0.05) is 0 Å². The van der Waals surface area contributed by atoms with Gasteiger partial charge in [-0.05, 0) is 135 Å². The first-order chi connectivity index (χ1) is 17.4. The Bertz CT molecular complexity index is 1000. The van der Waals surface area contributed by atoms with Crippen LogP contribution in [0.4, 0.5) is 4.79 Å². The Morgan fingerprint density at radius 2 is 0.737 bits per heavy atom. The molecular weight excluding hydrogens is 500 g/mol. The summed E-state index contributed by atoms with van der Waals surface area (Å²) in [6, 6.07) is 25.4. The lowest BCUT2D eigenvalue weighted by Crippen LogP contribution is -2.23. The van der Waals surface area contributed by atoms with Crippen LogP contribution in [0.25, 0.3) is 0 Å². The monoisotopic (exact) mass is 540 g/mol. The molecule has 38 heavy (non-hydrogen) atoms. The number of benzene rings is 3. The van der Waals surface area contributed by atoms with Gasteiger partial charge < -0.3 is 29.2 Å². The van der Waals surface area contributed by atoms with Crippen molar-refractivity contribution in [1.82, 2.24) is 0 Å². The summed E-state index contributed by atoms with van der Waals surface area (Å²) in [5.41, 5.74) is -0.682. The standard InChI is InChI=1S/C30H39O3S.CH2O3/c1-28(2,3)31-22-10-16-25(17-11-22)34(26-18-12-23(13-19-26)32-29(4,5)6)27-20-14-24(15-21-27)33-30(7,8)9;2-1(3)4/h10-21H,1-9H3;(H2,2,3,4)/q+1;/p-1. The second-order valence-corrected chi connectivity index (χ2v) is 13.7. The van der Waals surface area contributed by atoms with Gasteiger partial charge in [0.15, 0.2) is 14.7 Å². The fourth-order valence-corrected chi connectivity index (χ4v) is 5.44. The summed E-state index contributed by atoms with van der Waals surface area (Å²) in [5.74, 6) is 2.63. The van der Waals surface area contributed by atoms with Gasteiger partial charge >= 0.3 is 0 Å². The van der Waals surface area contributed by atoms with Crippen molar-refractivity contribution in [3.63, 3.8) is 0 Å². The molecule has 0 saturated carbocycles. The van der Waals surface area contributed by atoms with E-state index in [2.05, 4.69) is 135 Å². The van der Waals surface area contributed by atoms with E-state index in [0.717, 1.165) is 17.2 Å². The Labute approximate surface area is 229 Å². The van der Waals surface area contributed by atoms with E-state index in [-0.39, 0.29) is 27.7 Å². The number of carboxylic acid groups (broad SMARTS) is 2. The second-order valence-electron chi connectivity index (χ2n) is 11.6. The number of carbonyl (C=O) groups is 1. The first-order valence-electron chi connectivity index (χ1n) is 12.4. The van der Waals surface area contributed by atoms with Crippen LogP contribution in [0.1, 0.15) is 62.3 Å². The minimum atomic E-state index is -2.08. The van der Waals surface area contributed by atoms with E-state index in [0.29, 0.717) is 0 Å². The van der Waals surface area contributed by atoms with Gasteiger partial charge in [0.05, 0.1) is 10.9 Å². The highest BCUT2D eigenvalue weighted by Gasteiger charge is 2.29. The van der Waals surface area contributed by atoms with Crippen molar-refractivity contribution in [2.24, 2.45) is 0 Å². The molecule has 0 aromatic heterocycles. The Morgan fingerprint density at radius 1 is 0.553 bits per heavy atom. The molecule has 0 amide bonds. The topological polar surface area (TPSA) is 88.1 Å². The summed E-state index contributed by atoms with van der Waals surface area (Å²) in [6.45, 7) is 18.6. The summed E-state index contributed by atoms with van der Waals surface area (Å²) in [6.07, 6.45) is -2.08. The largest absolute Gasteiger partial charge is 0.565 e. The Kier molecular flexibility index (Phi) is 10.2. The van der Waals surface area contributed by atoms with E-state index in [1.54, 1.807) is 0 Å². The summed E-state index contributed by atoms with van der Waals surface area (Å²) in [4.78, 5) is 12.1. The maximum Gasteiger partial charge on any atom is 0.249 e. The van der Waals surface area contributed by atoms with Crippen molar-refractivity contribution in [2.45, 2.75) is 93.8 Å². The molecule has 3 rings (SSSR count). The molecule has 0 radical (unpaired) electrons. The fraction of sp³-hybridized carbons (Fsp3) is 0.387. The molecule has 6 nitrogen and oxygen atoms in total. The predicted octanol–water partition coefficient (Wildman–Crippen LogP) is 7.20. The lowest BCUT2D eigenvalue weighted by atomic mass is 10.2. The molecule has 0 aliphatic rings. The van der Waals surface area contributed by atoms with Crippen molar-refractivity contribution >= 4 is 17.1 Å². The molecule has 0 fully saturated rings. The summed E-state index contributed by atoms with van der Waals surface area (Å²) in [5, 5.41) is 15.3. The average Bonchev–Trinajstić information content (AvgIpc) is 2.74. The fourth-order valence-electron chi connectivity index (χ4n) is 3.40. The SMILES string of the molecule is CC(C)(C)Oc1ccc([S+](c2ccc(OC(C)(C)C)cc2)c2ccc(OC(C)(C)C)cc2)cc1.O=C([O-])O. The number of hydrogen-bond donors (Lipinski definition) is 1. The summed E-state index contributed by atoms with van der Waals surface area (Å²) < 4.78 is 18.1. The molecule has 1 N–H and O–H groups in total. The minimum absolute atomic E-state index is 0.227. The molecule has 0 bridgehead atoms. The first kappa shape index (κ1) is 30.9. The van der Waals surface area contributed by atoms with Gasteiger partial charge in [-0.25, -0.2) is 0 Å². The van der Waals surface area contributed by atoms with E-state index in [1.807, 2.05) is 0 Å². The molecule has 0 heterocycles. The van der Waals surface area contributed by atoms with Gasteiger partial charge in [0.25, 0.3) is 0 Å². The van der Waals surface area contributed by atoms with E-state index >= 15 is 0 Å². The predicted molar refractivity (Wildman–Crippen MR) is 151 cm³/mol. The number of rotatable bonds is 6. The van der Waals surface area contributed by atoms with Crippen molar-refractivity contribution < 1.29 is 29.2 Å². The molecule has 0 spiro atoms. The normalized spacial score (nSPS) is 11.8. The van der Waals surface area contributed by atoms with Crippen molar-refractivity contribution in [3.05, 3.63) is 72.8 Å². The molecule has 3 aromatic rings. The van der Waals surface area contributed by atoms with Gasteiger partial charge in [0, 0.05) is 0 Å². The van der Waals surface area contributed by atoms with E-state index in [9.17, 15) is 0 Å². The van der Waals surface area contributed by atoms with Crippen molar-refractivity contribution in [3.8, 4) is 17.2 Å². The zero-order chi connectivity index (χ0) is 28.7. The van der Waals surface area contributed by atoms with Crippen LogP contribution in [-0.2, 0) is 10.9 Å². The highest BCUT2D eigenvalue weighted by molar-refractivity contribution is 7.97. The quantitative estimate of drug-likeness (QED) is 0.333. The van der Waals surface area contributed by atoms with Gasteiger partial charge in [-0.2, -0.15) is 0 Å². The maximum absolute atomic E-state index is 8.44. The molecule has 7 heteroatoms. The average molecular weight is 541 g/mol. The zero-order valence-electron chi connectivity index (χ0n) is 23.8. The Morgan fingerprint density at radius 3 is 0.895 bits per heavy atom. The molecular formula is C31H40O6S. The molecule has 0 atom stereocenters. The third-order valence-corrected chi connectivity index (χ3v) is 6.68. The van der Waals surface area contributed by atoms with Crippen LogP contribution in [-0.4, -0.2) is 28.1 Å². The third-order valence-electron chi connectivity index (χ3n) is 4.45. The molecule has 0 aliphatic carbocycles. The van der Waals surface area contributed by atoms with Crippen LogP contribution in [0, 0.1) is 0 Å². The van der Waals surface area contributed by atoms with E-state index in [1.165, 1.54) is 14.7 Å². The van der Waals surface area contributed by atoms with Gasteiger partial charge in [0.2, 0.25) is 6.16 Å². The molecule has 206 valence electrons. The van der Waals surface area contributed by atoms with Crippen LogP contribution >= 0.6 is 0 Å². The van der Waals surface area contributed by atoms with Crippen LogP contribution in [0.2, 0.25) is 0 Å². The zero-order valence-corrected chi connectivity index (χ0v) is 24.6. The molecule has 3 aromatic carbocycles. The first-order valence-corrected chi connectivity index (χ1v) is 13.7. The molecule has 0 unspecified atom stereocenters. The smallest absolute Gasteiger partial charge is 0.249 e. The van der Waals surface area contributed by atoms with Crippen LogP contribution in [0.3, 0.4) is 0 Å². The molecule has 0 aliphatic heterocycles.